The molecule has 0 saturated carbocycles. The fourth-order valence-electron chi connectivity index (χ4n) is 6.76. The highest BCUT2D eigenvalue weighted by molar-refractivity contribution is 5.76. The molecule has 4 nitrogen and oxygen atoms in total. The van der Waals surface area contributed by atoms with Crippen molar-refractivity contribution in [1.82, 2.24) is 5.32 Å². The zero-order chi connectivity index (χ0) is 35.7. The highest BCUT2D eigenvalue weighted by Crippen LogP contribution is 2.15. The minimum absolute atomic E-state index is 0.0667. The van der Waals surface area contributed by atoms with E-state index in [9.17, 15) is 15.0 Å². The van der Waals surface area contributed by atoms with E-state index in [1.807, 2.05) is 6.08 Å². The van der Waals surface area contributed by atoms with E-state index in [1.54, 1.807) is 6.08 Å². The van der Waals surface area contributed by atoms with Crippen LogP contribution >= 0.6 is 0 Å². The van der Waals surface area contributed by atoms with Crippen molar-refractivity contribution in [3.63, 3.8) is 0 Å². The van der Waals surface area contributed by atoms with E-state index in [0.29, 0.717) is 6.42 Å². The highest BCUT2D eigenvalue weighted by Gasteiger charge is 2.17. The Balaban J connectivity index is 3.55. The predicted molar refractivity (Wildman–Crippen MR) is 216 cm³/mol. The summed E-state index contributed by atoms with van der Waals surface area (Å²) in [5, 5.41) is 23.0. The van der Waals surface area contributed by atoms with Gasteiger partial charge >= 0.3 is 0 Å². The number of carbonyl (C=O) groups is 1. The van der Waals surface area contributed by atoms with Crippen molar-refractivity contribution in [3.8, 4) is 0 Å². The second kappa shape index (κ2) is 41.3. The highest BCUT2D eigenvalue weighted by atomic mass is 16.3. The maximum absolute atomic E-state index is 12.4. The number of unbranched alkanes of at least 4 members (excludes halogenated alkanes) is 31. The zero-order valence-electron chi connectivity index (χ0n) is 33.2. The van der Waals surface area contributed by atoms with E-state index in [0.717, 1.165) is 25.7 Å². The number of rotatable bonds is 40. The van der Waals surface area contributed by atoms with Gasteiger partial charge in [-0.25, -0.2) is 0 Å². The van der Waals surface area contributed by atoms with Crippen LogP contribution in [0.4, 0.5) is 0 Å². The molecule has 0 saturated heterocycles. The van der Waals surface area contributed by atoms with Crippen LogP contribution in [0.3, 0.4) is 0 Å². The first-order valence-electron chi connectivity index (χ1n) is 22.1. The number of carbonyl (C=O) groups excluding carboxylic acids is 1. The van der Waals surface area contributed by atoms with Crippen molar-refractivity contribution in [2.24, 2.45) is 0 Å². The standard InChI is InChI=1S/C45H87NO3/c1-3-5-7-9-11-13-15-17-19-20-21-22-23-24-25-27-29-31-33-35-37-39-41-45(49)46-43(42-47)44(48)40-38-36-34-32-30-28-26-18-16-14-12-10-8-6-4-2/h23-24,38,40,43-44,47-48H,3-22,25-37,39,41-42H2,1-2H3,(H,46,49)/b24-23-,40-38+. The molecule has 0 spiro atoms. The van der Waals surface area contributed by atoms with Crippen molar-refractivity contribution in [2.45, 2.75) is 251 Å². The van der Waals surface area contributed by atoms with Gasteiger partial charge in [-0.05, 0) is 44.9 Å². The summed E-state index contributed by atoms with van der Waals surface area (Å²) in [4.78, 5) is 12.4. The molecule has 0 rings (SSSR count). The van der Waals surface area contributed by atoms with Crippen LogP contribution in [0.2, 0.25) is 0 Å². The summed E-state index contributed by atoms with van der Waals surface area (Å²) in [6, 6.07) is -0.621. The predicted octanol–water partition coefficient (Wildman–Crippen LogP) is 13.6. The minimum atomic E-state index is -0.838. The summed E-state index contributed by atoms with van der Waals surface area (Å²) >= 11 is 0. The summed E-state index contributed by atoms with van der Waals surface area (Å²) in [6.45, 7) is 4.32. The van der Waals surface area contributed by atoms with Crippen LogP contribution in [0.5, 0.6) is 0 Å². The average molecular weight is 690 g/mol. The molecule has 0 bridgehead atoms. The van der Waals surface area contributed by atoms with Crippen molar-refractivity contribution in [1.29, 1.82) is 0 Å². The summed E-state index contributed by atoms with van der Waals surface area (Å²) < 4.78 is 0. The van der Waals surface area contributed by atoms with Crippen molar-refractivity contribution in [2.75, 3.05) is 6.61 Å². The number of hydrogen-bond donors (Lipinski definition) is 3. The minimum Gasteiger partial charge on any atom is -0.394 e. The molecule has 2 unspecified atom stereocenters. The molecular formula is C45H87NO3. The normalized spacial score (nSPS) is 13.1. The van der Waals surface area contributed by atoms with Gasteiger partial charge in [0.05, 0.1) is 18.8 Å². The van der Waals surface area contributed by atoms with Gasteiger partial charge in [-0.3, -0.25) is 4.79 Å². The van der Waals surface area contributed by atoms with E-state index >= 15 is 0 Å². The van der Waals surface area contributed by atoms with Gasteiger partial charge in [0.2, 0.25) is 5.91 Å². The second-order valence-electron chi connectivity index (χ2n) is 15.1. The first kappa shape index (κ1) is 47.9. The maximum Gasteiger partial charge on any atom is 0.220 e. The molecule has 0 aromatic heterocycles. The number of aliphatic hydroxyl groups is 2. The van der Waals surface area contributed by atoms with Crippen LogP contribution in [0.25, 0.3) is 0 Å². The lowest BCUT2D eigenvalue weighted by Gasteiger charge is -2.20. The number of amides is 1. The Kier molecular flexibility index (Phi) is 40.3. The third-order valence-electron chi connectivity index (χ3n) is 10.2. The smallest absolute Gasteiger partial charge is 0.220 e. The van der Waals surface area contributed by atoms with E-state index in [2.05, 4.69) is 31.3 Å². The molecule has 4 heteroatoms. The maximum atomic E-state index is 12.4. The van der Waals surface area contributed by atoms with Gasteiger partial charge < -0.3 is 15.5 Å². The monoisotopic (exact) mass is 690 g/mol. The van der Waals surface area contributed by atoms with Gasteiger partial charge in [0.15, 0.2) is 0 Å². The van der Waals surface area contributed by atoms with Crippen molar-refractivity contribution in [3.05, 3.63) is 24.3 Å². The van der Waals surface area contributed by atoms with Gasteiger partial charge in [0.1, 0.15) is 0 Å². The molecule has 0 aliphatic heterocycles. The molecule has 2 atom stereocenters. The Hall–Kier alpha value is -1.13. The molecule has 1 amide bonds. The molecule has 0 aliphatic rings. The number of aliphatic hydroxyl groups excluding tert-OH is 2. The van der Waals surface area contributed by atoms with Crippen LogP contribution in [-0.2, 0) is 4.79 Å². The van der Waals surface area contributed by atoms with Crippen LogP contribution in [0.15, 0.2) is 24.3 Å². The van der Waals surface area contributed by atoms with Gasteiger partial charge in [-0.1, -0.05) is 212 Å². The summed E-state index contributed by atoms with van der Waals surface area (Å²) in [7, 11) is 0. The number of allylic oxidation sites excluding steroid dienone is 3. The SMILES string of the molecule is CCCCCCCCCCCCC/C=C\CCCCCCCCCC(=O)NC(CO)C(O)/C=C/CCCCCCCCCCCCCCC. The van der Waals surface area contributed by atoms with Gasteiger partial charge in [0, 0.05) is 6.42 Å². The molecular weight excluding hydrogens is 602 g/mol. The van der Waals surface area contributed by atoms with E-state index < -0.39 is 12.1 Å². The third-order valence-corrected chi connectivity index (χ3v) is 10.2. The first-order valence-corrected chi connectivity index (χ1v) is 22.1. The summed E-state index contributed by atoms with van der Waals surface area (Å²) in [5.41, 5.74) is 0. The molecule has 0 radical (unpaired) electrons. The summed E-state index contributed by atoms with van der Waals surface area (Å²) in [6.07, 6.45) is 52.8. The Morgan fingerprint density at radius 1 is 0.469 bits per heavy atom. The average Bonchev–Trinajstić information content (AvgIpc) is 3.10. The number of hydrogen-bond acceptors (Lipinski definition) is 3. The van der Waals surface area contributed by atoms with E-state index in [4.69, 9.17) is 0 Å². The topological polar surface area (TPSA) is 69.6 Å². The number of nitrogens with one attached hydrogen (secondary N) is 1. The lowest BCUT2D eigenvalue weighted by atomic mass is 10.0. The fourth-order valence-corrected chi connectivity index (χ4v) is 6.76. The Morgan fingerprint density at radius 3 is 1.12 bits per heavy atom. The molecule has 49 heavy (non-hydrogen) atoms. The van der Waals surface area contributed by atoms with Gasteiger partial charge in [-0.2, -0.15) is 0 Å². The molecule has 290 valence electrons. The van der Waals surface area contributed by atoms with Crippen LogP contribution in [0.1, 0.15) is 239 Å². The Morgan fingerprint density at radius 2 is 0.776 bits per heavy atom. The molecule has 0 aromatic carbocycles. The van der Waals surface area contributed by atoms with E-state index in [-0.39, 0.29) is 12.5 Å². The summed E-state index contributed by atoms with van der Waals surface area (Å²) in [5.74, 6) is -0.0667. The van der Waals surface area contributed by atoms with Crippen LogP contribution in [0, 0.1) is 0 Å². The molecule has 0 fully saturated rings. The lowest BCUT2D eigenvalue weighted by Crippen LogP contribution is -2.45. The Labute approximate surface area is 307 Å². The quantitative estimate of drug-likeness (QED) is 0.0443. The van der Waals surface area contributed by atoms with Gasteiger partial charge in [0.25, 0.3) is 0 Å². The lowest BCUT2D eigenvalue weighted by molar-refractivity contribution is -0.123. The molecule has 0 aromatic rings. The Bertz CT molecular complexity index is 705. The van der Waals surface area contributed by atoms with Crippen molar-refractivity contribution >= 4 is 5.91 Å². The second-order valence-corrected chi connectivity index (χ2v) is 15.1. The van der Waals surface area contributed by atoms with Crippen LogP contribution in [-0.4, -0.2) is 34.9 Å². The van der Waals surface area contributed by atoms with E-state index in [1.165, 1.54) is 193 Å². The molecule has 0 aliphatic carbocycles. The largest absolute Gasteiger partial charge is 0.394 e. The fraction of sp³-hybridized carbons (Fsp3) is 0.889. The molecule has 3 N–H and O–H groups in total. The third kappa shape index (κ3) is 37.9. The van der Waals surface area contributed by atoms with Crippen LogP contribution < -0.4 is 5.32 Å². The van der Waals surface area contributed by atoms with Crippen molar-refractivity contribution < 1.29 is 15.0 Å². The first-order chi connectivity index (χ1) is 24.2. The zero-order valence-corrected chi connectivity index (χ0v) is 33.2. The van der Waals surface area contributed by atoms with Gasteiger partial charge in [-0.15, -0.1) is 0 Å². The molecule has 0 heterocycles.